The van der Waals surface area contributed by atoms with Crippen LogP contribution in [0.25, 0.3) is 0 Å². The van der Waals surface area contributed by atoms with Gasteiger partial charge in [-0.15, -0.1) is 0 Å². The molecule has 1 rings (SSSR count). The lowest BCUT2D eigenvalue weighted by molar-refractivity contribution is 0.0922. The molecule has 2 heteroatoms. The van der Waals surface area contributed by atoms with Crippen molar-refractivity contribution in [2.45, 2.75) is 58.3 Å². The standard InChI is InChI=1S/C10H20O2/c1-4-5-6-8-10(12-8)9(11)7(2)3/h7-11H,4-6H2,1-3H3/t8-,9+,10+/m0/s1. The van der Waals surface area contributed by atoms with Crippen molar-refractivity contribution in [3.63, 3.8) is 0 Å². The average Bonchev–Trinajstić information content (AvgIpc) is 2.78. The first-order valence-electron chi connectivity index (χ1n) is 5.00. The number of aliphatic hydroxyl groups is 1. The molecule has 1 fully saturated rings. The quantitative estimate of drug-likeness (QED) is 0.643. The van der Waals surface area contributed by atoms with E-state index in [-0.39, 0.29) is 12.2 Å². The van der Waals surface area contributed by atoms with Crippen LogP contribution in [-0.2, 0) is 4.74 Å². The fourth-order valence-electron chi connectivity index (χ4n) is 1.47. The first-order valence-corrected chi connectivity index (χ1v) is 5.00. The predicted octanol–water partition coefficient (Wildman–Crippen LogP) is 1.96. The molecule has 1 heterocycles. The van der Waals surface area contributed by atoms with Gasteiger partial charge in [-0.2, -0.15) is 0 Å². The monoisotopic (exact) mass is 172 g/mol. The van der Waals surface area contributed by atoms with Gasteiger partial charge in [-0.05, 0) is 12.3 Å². The molecule has 0 spiro atoms. The molecule has 0 aromatic heterocycles. The zero-order valence-electron chi connectivity index (χ0n) is 8.29. The van der Waals surface area contributed by atoms with Crippen molar-refractivity contribution in [1.29, 1.82) is 0 Å². The van der Waals surface area contributed by atoms with Crippen LogP contribution in [0.2, 0.25) is 0 Å². The van der Waals surface area contributed by atoms with E-state index in [1.54, 1.807) is 0 Å². The molecule has 0 saturated carbocycles. The second kappa shape index (κ2) is 4.24. The lowest BCUT2D eigenvalue weighted by Crippen LogP contribution is -2.23. The van der Waals surface area contributed by atoms with Crippen molar-refractivity contribution in [2.75, 3.05) is 0 Å². The van der Waals surface area contributed by atoms with E-state index >= 15 is 0 Å². The van der Waals surface area contributed by atoms with Gasteiger partial charge >= 0.3 is 0 Å². The van der Waals surface area contributed by atoms with Crippen molar-refractivity contribution in [3.05, 3.63) is 0 Å². The minimum absolute atomic E-state index is 0.136. The zero-order valence-corrected chi connectivity index (χ0v) is 8.29. The van der Waals surface area contributed by atoms with Crippen molar-refractivity contribution in [1.82, 2.24) is 0 Å². The summed E-state index contributed by atoms with van der Waals surface area (Å²) in [6.07, 6.45) is 3.77. The lowest BCUT2D eigenvalue weighted by atomic mass is 10.0. The van der Waals surface area contributed by atoms with Crippen LogP contribution < -0.4 is 0 Å². The van der Waals surface area contributed by atoms with Gasteiger partial charge in [0.1, 0.15) is 6.10 Å². The molecule has 72 valence electrons. The number of rotatable bonds is 5. The smallest absolute Gasteiger partial charge is 0.110 e. The van der Waals surface area contributed by atoms with Gasteiger partial charge in [-0.1, -0.05) is 33.6 Å². The first-order chi connectivity index (χ1) is 5.66. The molecule has 0 aliphatic carbocycles. The van der Waals surface area contributed by atoms with Crippen LogP contribution in [0.15, 0.2) is 0 Å². The summed E-state index contributed by atoms with van der Waals surface area (Å²) >= 11 is 0. The summed E-state index contributed by atoms with van der Waals surface area (Å²) in [4.78, 5) is 0. The highest BCUT2D eigenvalue weighted by Gasteiger charge is 2.44. The highest BCUT2D eigenvalue weighted by molar-refractivity contribution is 4.91. The fraction of sp³-hybridized carbons (Fsp3) is 1.00. The van der Waals surface area contributed by atoms with Gasteiger partial charge < -0.3 is 9.84 Å². The van der Waals surface area contributed by atoms with E-state index in [2.05, 4.69) is 6.92 Å². The molecule has 1 aliphatic heterocycles. The Bertz CT molecular complexity index is 134. The number of epoxide rings is 1. The highest BCUT2D eigenvalue weighted by atomic mass is 16.6. The van der Waals surface area contributed by atoms with E-state index < -0.39 is 0 Å². The molecule has 0 unspecified atom stereocenters. The van der Waals surface area contributed by atoms with Crippen LogP contribution in [0.3, 0.4) is 0 Å². The van der Waals surface area contributed by atoms with E-state index in [1.807, 2.05) is 13.8 Å². The molecule has 1 saturated heterocycles. The van der Waals surface area contributed by atoms with Crippen molar-refractivity contribution in [2.24, 2.45) is 5.92 Å². The Hall–Kier alpha value is -0.0800. The SMILES string of the molecule is CCCC[C@@H]1O[C@H]1[C@H](O)C(C)C. The third-order valence-corrected chi connectivity index (χ3v) is 2.48. The first kappa shape index (κ1) is 10.0. The molecule has 0 aromatic carbocycles. The average molecular weight is 172 g/mol. The van der Waals surface area contributed by atoms with E-state index in [1.165, 1.54) is 12.8 Å². The van der Waals surface area contributed by atoms with Gasteiger partial charge in [0.25, 0.3) is 0 Å². The van der Waals surface area contributed by atoms with Gasteiger partial charge in [0, 0.05) is 0 Å². The van der Waals surface area contributed by atoms with Gasteiger partial charge in [-0.3, -0.25) is 0 Å². The van der Waals surface area contributed by atoms with Crippen LogP contribution in [0.5, 0.6) is 0 Å². The Morgan fingerprint density at radius 1 is 1.42 bits per heavy atom. The number of unbranched alkanes of at least 4 members (excludes halogenated alkanes) is 1. The summed E-state index contributed by atoms with van der Waals surface area (Å²) in [7, 11) is 0. The minimum atomic E-state index is -0.258. The van der Waals surface area contributed by atoms with Crippen LogP contribution in [0.1, 0.15) is 40.0 Å². The third-order valence-electron chi connectivity index (χ3n) is 2.48. The van der Waals surface area contributed by atoms with E-state index in [0.717, 1.165) is 6.42 Å². The Morgan fingerprint density at radius 3 is 2.58 bits per heavy atom. The third kappa shape index (κ3) is 2.46. The maximum atomic E-state index is 9.61. The summed E-state index contributed by atoms with van der Waals surface area (Å²) in [6.45, 7) is 6.24. The maximum Gasteiger partial charge on any atom is 0.110 e. The summed E-state index contributed by atoms with van der Waals surface area (Å²) in [5, 5.41) is 9.61. The molecular formula is C10H20O2. The molecule has 0 aromatic rings. The maximum absolute atomic E-state index is 9.61. The number of ether oxygens (including phenoxy) is 1. The van der Waals surface area contributed by atoms with Crippen molar-refractivity contribution < 1.29 is 9.84 Å². The second-order valence-electron chi connectivity index (χ2n) is 4.02. The summed E-state index contributed by atoms with van der Waals surface area (Å²) in [5.74, 6) is 0.321. The summed E-state index contributed by atoms with van der Waals surface area (Å²) < 4.78 is 5.39. The van der Waals surface area contributed by atoms with E-state index in [0.29, 0.717) is 12.0 Å². The molecule has 12 heavy (non-hydrogen) atoms. The Balaban J connectivity index is 2.14. The highest BCUT2D eigenvalue weighted by Crippen LogP contribution is 2.32. The topological polar surface area (TPSA) is 32.8 Å². The van der Waals surface area contributed by atoms with Crippen LogP contribution in [-0.4, -0.2) is 23.4 Å². The van der Waals surface area contributed by atoms with Crippen LogP contribution in [0, 0.1) is 5.92 Å². The van der Waals surface area contributed by atoms with E-state index in [4.69, 9.17) is 4.74 Å². The van der Waals surface area contributed by atoms with Gasteiger partial charge in [0.15, 0.2) is 0 Å². The minimum Gasteiger partial charge on any atom is -0.390 e. The van der Waals surface area contributed by atoms with E-state index in [9.17, 15) is 5.11 Å². The molecule has 1 aliphatic rings. The normalized spacial score (nSPS) is 30.8. The molecular weight excluding hydrogens is 152 g/mol. The largest absolute Gasteiger partial charge is 0.390 e. The van der Waals surface area contributed by atoms with Crippen molar-refractivity contribution in [3.8, 4) is 0 Å². The zero-order chi connectivity index (χ0) is 9.14. The molecule has 0 radical (unpaired) electrons. The van der Waals surface area contributed by atoms with Gasteiger partial charge in [0.2, 0.25) is 0 Å². The fourth-order valence-corrected chi connectivity index (χ4v) is 1.47. The summed E-state index contributed by atoms with van der Waals surface area (Å²) in [6, 6.07) is 0. The van der Waals surface area contributed by atoms with Crippen LogP contribution in [0.4, 0.5) is 0 Å². The van der Waals surface area contributed by atoms with Crippen LogP contribution >= 0.6 is 0 Å². The molecule has 2 nitrogen and oxygen atoms in total. The molecule has 3 atom stereocenters. The van der Waals surface area contributed by atoms with Gasteiger partial charge in [0.05, 0.1) is 12.2 Å². The second-order valence-corrected chi connectivity index (χ2v) is 4.02. The molecule has 1 N–H and O–H groups in total. The van der Waals surface area contributed by atoms with Gasteiger partial charge in [-0.25, -0.2) is 0 Å². The van der Waals surface area contributed by atoms with Crippen molar-refractivity contribution >= 4 is 0 Å². The Morgan fingerprint density at radius 2 is 2.08 bits per heavy atom. The number of hydrogen-bond acceptors (Lipinski definition) is 2. The Labute approximate surface area is 74.9 Å². The molecule has 0 bridgehead atoms. The molecule has 0 amide bonds. The Kier molecular flexibility index (Phi) is 3.53. The predicted molar refractivity (Wildman–Crippen MR) is 49.0 cm³/mol. The lowest BCUT2D eigenvalue weighted by Gasteiger charge is -2.10. The summed E-state index contributed by atoms with van der Waals surface area (Å²) in [5.41, 5.74) is 0. The number of hydrogen-bond donors (Lipinski definition) is 1. The number of aliphatic hydroxyl groups excluding tert-OH is 1.